The molecular formula is C20H20FNO3S2. The minimum atomic E-state index is -1.04. The summed E-state index contributed by atoms with van der Waals surface area (Å²) in [5.41, 5.74) is 1.61. The molecule has 1 aliphatic heterocycles. The molecule has 1 saturated heterocycles. The SMILES string of the molecule is C[C@@H](OC(=O)c1ccc(C2SCCCS2)cc1)C(=O)Nc1ccccc1F. The van der Waals surface area contributed by atoms with Crippen molar-refractivity contribution in [2.75, 3.05) is 16.8 Å². The van der Waals surface area contributed by atoms with Crippen molar-refractivity contribution in [3.05, 3.63) is 65.5 Å². The summed E-state index contributed by atoms with van der Waals surface area (Å²) in [5, 5.41) is 2.42. The number of carbonyl (C=O) groups is 2. The van der Waals surface area contributed by atoms with E-state index in [1.54, 1.807) is 18.2 Å². The van der Waals surface area contributed by atoms with Crippen LogP contribution in [0.15, 0.2) is 48.5 Å². The number of halogens is 1. The molecule has 1 atom stereocenters. The van der Waals surface area contributed by atoms with E-state index in [-0.39, 0.29) is 5.69 Å². The Balaban J connectivity index is 1.57. The molecule has 1 fully saturated rings. The first-order valence-electron chi connectivity index (χ1n) is 8.64. The molecule has 0 radical (unpaired) electrons. The predicted molar refractivity (Wildman–Crippen MR) is 109 cm³/mol. The van der Waals surface area contributed by atoms with Gasteiger partial charge in [-0.2, -0.15) is 0 Å². The smallest absolute Gasteiger partial charge is 0.338 e. The second kappa shape index (κ2) is 9.28. The molecule has 3 rings (SSSR count). The fourth-order valence-corrected chi connectivity index (χ4v) is 5.43. The Morgan fingerprint density at radius 2 is 1.78 bits per heavy atom. The average molecular weight is 406 g/mol. The first-order chi connectivity index (χ1) is 13.0. The molecule has 0 spiro atoms. The lowest BCUT2D eigenvalue weighted by atomic mass is 10.1. The van der Waals surface area contributed by atoms with Crippen molar-refractivity contribution in [3.63, 3.8) is 0 Å². The Kier molecular flexibility index (Phi) is 6.79. The lowest BCUT2D eigenvalue weighted by Gasteiger charge is -2.21. The number of thioether (sulfide) groups is 2. The summed E-state index contributed by atoms with van der Waals surface area (Å²) in [6.07, 6.45) is 0.185. The number of hydrogen-bond acceptors (Lipinski definition) is 5. The maximum absolute atomic E-state index is 13.6. The van der Waals surface area contributed by atoms with Crippen LogP contribution in [0.1, 0.15) is 33.8 Å². The molecule has 0 unspecified atom stereocenters. The lowest BCUT2D eigenvalue weighted by molar-refractivity contribution is -0.123. The Morgan fingerprint density at radius 1 is 1.11 bits per heavy atom. The number of ether oxygens (including phenoxy) is 1. The highest BCUT2D eigenvalue weighted by atomic mass is 32.2. The minimum Gasteiger partial charge on any atom is -0.449 e. The number of anilines is 1. The van der Waals surface area contributed by atoms with Gasteiger partial charge in [-0.05, 0) is 54.7 Å². The molecule has 142 valence electrons. The van der Waals surface area contributed by atoms with Crippen molar-refractivity contribution >= 4 is 41.1 Å². The van der Waals surface area contributed by atoms with Crippen LogP contribution in [-0.2, 0) is 9.53 Å². The molecule has 1 aliphatic rings. The van der Waals surface area contributed by atoms with Gasteiger partial charge in [0.15, 0.2) is 6.10 Å². The van der Waals surface area contributed by atoms with E-state index in [1.165, 1.54) is 37.1 Å². The van der Waals surface area contributed by atoms with Gasteiger partial charge >= 0.3 is 5.97 Å². The van der Waals surface area contributed by atoms with Gasteiger partial charge in [0, 0.05) is 0 Å². The zero-order valence-electron chi connectivity index (χ0n) is 14.8. The standard InChI is InChI=1S/C20H20FNO3S2/c1-13(18(23)22-17-6-3-2-5-16(17)21)25-19(24)14-7-9-15(10-8-14)20-26-11-4-12-27-20/h2-3,5-10,13,20H,4,11-12H2,1H3,(H,22,23)/t13-/m1/s1. The molecule has 27 heavy (non-hydrogen) atoms. The summed E-state index contributed by atoms with van der Waals surface area (Å²) >= 11 is 3.82. The topological polar surface area (TPSA) is 55.4 Å². The van der Waals surface area contributed by atoms with Gasteiger partial charge in [0.2, 0.25) is 0 Å². The van der Waals surface area contributed by atoms with Gasteiger partial charge in [0.1, 0.15) is 5.82 Å². The van der Waals surface area contributed by atoms with Crippen molar-refractivity contribution in [2.45, 2.75) is 24.0 Å². The third-order valence-corrected chi connectivity index (χ3v) is 7.05. The van der Waals surface area contributed by atoms with E-state index < -0.39 is 23.8 Å². The number of para-hydroxylation sites is 1. The zero-order valence-corrected chi connectivity index (χ0v) is 16.4. The lowest BCUT2D eigenvalue weighted by Crippen LogP contribution is -2.30. The molecule has 4 nitrogen and oxygen atoms in total. The van der Waals surface area contributed by atoms with Crippen molar-refractivity contribution in [1.82, 2.24) is 0 Å². The van der Waals surface area contributed by atoms with Crippen LogP contribution >= 0.6 is 23.5 Å². The fourth-order valence-electron chi connectivity index (χ4n) is 2.54. The van der Waals surface area contributed by atoms with Crippen molar-refractivity contribution in [2.24, 2.45) is 0 Å². The maximum Gasteiger partial charge on any atom is 0.338 e. The molecule has 1 amide bonds. The van der Waals surface area contributed by atoms with Gasteiger partial charge in [-0.3, -0.25) is 4.79 Å². The van der Waals surface area contributed by atoms with Crippen LogP contribution in [0, 0.1) is 5.82 Å². The summed E-state index contributed by atoms with van der Waals surface area (Å²) < 4.78 is 19.2. The fraction of sp³-hybridized carbons (Fsp3) is 0.300. The highest BCUT2D eigenvalue weighted by Gasteiger charge is 2.21. The highest BCUT2D eigenvalue weighted by Crippen LogP contribution is 2.43. The number of benzene rings is 2. The minimum absolute atomic E-state index is 0.0530. The van der Waals surface area contributed by atoms with Gasteiger partial charge in [0.25, 0.3) is 5.91 Å². The molecule has 1 heterocycles. The third kappa shape index (κ3) is 5.26. The van der Waals surface area contributed by atoms with Crippen molar-refractivity contribution in [1.29, 1.82) is 0 Å². The highest BCUT2D eigenvalue weighted by molar-refractivity contribution is 8.16. The summed E-state index contributed by atoms with van der Waals surface area (Å²) in [5.74, 6) is 0.590. The number of amides is 1. The molecule has 1 N–H and O–H groups in total. The zero-order chi connectivity index (χ0) is 19.2. The molecule has 0 aliphatic carbocycles. The maximum atomic E-state index is 13.6. The van der Waals surface area contributed by atoms with Crippen molar-refractivity contribution < 1.29 is 18.7 Å². The van der Waals surface area contributed by atoms with Crippen LogP contribution in [-0.4, -0.2) is 29.5 Å². The van der Waals surface area contributed by atoms with Crippen LogP contribution in [0.5, 0.6) is 0 Å². The van der Waals surface area contributed by atoms with E-state index in [1.807, 2.05) is 35.7 Å². The first kappa shape index (κ1) is 19.8. The Hall–Kier alpha value is -1.99. The Labute approximate surface area is 166 Å². The number of rotatable bonds is 5. The van der Waals surface area contributed by atoms with E-state index >= 15 is 0 Å². The molecule has 2 aromatic rings. The molecule has 0 aromatic heterocycles. The predicted octanol–water partition coefficient (Wildman–Crippen LogP) is 4.88. The summed E-state index contributed by atoms with van der Waals surface area (Å²) in [7, 11) is 0. The average Bonchev–Trinajstić information content (AvgIpc) is 2.70. The Bertz CT molecular complexity index is 807. The van der Waals surface area contributed by atoms with E-state index in [0.717, 1.165) is 11.5 Å². The number of nitrogens with one attached hydrogen (secondary N) is 1. The van der Waals surface area contributed by atoms with Crippen molar-refractivity contribution in [3.8, 4) is 0 Å². The van der Waals surface area contributed by atoms with Crippen LogP contribution in [0.3, 0.4) is 0 Å². The second-order valence-electron chi connectivity index (χ2n) is 6.07. The van der Waals surface area contributed by atoms with E-state index in [4.69, 9.17) is 4.74 Å². The van der Waals surface area contributed by atoms with Gasteiger partial charge in [-0.15, -0.1) is 23.5 Å². The van der Waals surface area contributed by atoms with Gasteiger partial charge in [-0.1, -0.05) is 24.3 Å². The Morgan fingerprint density at radius 3 is 2.44 bits per heavy atom. The molecule has 0 saturated carbocycles. The summed E-state index contributed by atoms with van der Waals surface area (Å²) in [6.45, 7) is 1.46. The number of hydrogen-bond donors (Lipinski definition) is 1. The number of esters is 1. The normalized spacial score (nSPS) is 15.8. The third-order valence-electron chi connectivity index (χ3n) is 4.03. The van der Waals surface area contributed by atoms with E-state index in [0.29, 0.717) is 10.1 Å². The largest absolute Gasteiger partial charge is 0.449 e. The molecular weight excluding hydrogens is 385 g/mol. The van der Waals surface area contributed by atoms with E-state index in [2.05, 4.69) is 5.32 Å². The summed E-state index contributed by atoms with van der Waals surface area (Å²) in [6, 6.07) is 13.1. The molecule has 0 bridgehead atoms. The quantitative estimate of drug-likeness (QED) is 0.719. The van der Waals surface area contributed by atoms with Crippen LogP contribution < -0.4 is 5.32 Å². The van der Waals surface area contributed by atoms with Crippen LogP contribution in [0.25, 0.3) is 0 Å². The summed E-state index contributed by atoms with van der Waals surface area (Å²) in [4.78, 5) is 24.4. The molecule has 7 heteroatoms. The monoisotopic (exact) mass is 405 g/mol. The van der Waals surface area contributed by atoms with Crippen LogP contribution in [0.4, 0.5) is 10.1 Å². The van der Waals surface area contributed by atoms with Gasteiger partial charge in [0.05, 0.1) is 15.8 Å². The van der Waals surface area contributed by atoms with Gasteiger partial charge in [-0.25, -0.2) is 9.18 Å². The van der Waals surface area contributed by atoms with Gasteiger partial charge < -0.3 is 10.1 Å². The first-order valence-corrected chi connectivity index (χ1v) is 10.7. The van der Waals surface area contributed by atoms with E-state index in [9.17, 15) is 14.0 Å². The number of carbonyl (C=O) groups excluding carboxylic acids is 2. The van der Waals surface area contributed by atoms with Crippen LogP contribution in [0.2, 0.25) is 0 Å². The second-order valence-corrected chi connectivity index (χ2v) is 8.79. The molecule has 2 aromatic carbocycles.